The molecule has 0 radical (unpaired) electrons. The first-order chi connectivity index (χ1) is 24.7. The number of Topliss-reactive ketones (excluding diaryl/α,β-unsaturated/α-hetero) is 1. The number of ether oxygens (including phenoxy) is 1. The lowest BCUT2D eigenvalue weighted by Crippen LogP contribution is -2.58. The molecule has 1 heterocycles. The third-order valence-corrected chi connectivity index (χ3v) is 11.3. The number of allylic oxidation sites excluding steroid dienone is 4. The summed E-state index contributed by atoms with van der Waals surface area (Å²) in [5.41, 5.74) is 1.95. The highest BCUT2D eigenvalue weighted by Crippen LogP contribution is 2.64. The van der Waals surface area contributed by atoms with E-state index in [0.29, 0.717) is 22.3 Å². The molecule has 1 aliphatic heterocycles. The zero-order valence-electron chi connectivity index (χ0n) is 27.7. The average molecular weight is 680 g/mol. The van der Waals surface area contributed by atoms with Gasteiger partial charge in [0.25, 0.3) is 0 Å². The zero-order valence-corrected chi connectivity index (χ0v) is 27.7. The maximum Gasteiger partial charge on any atom is 0.488 e. The number of fused-ring (bicyclic) bond motifs is 4. The van der Waals surface area contributed by atoms with E-state index < -0.39 is 53.9 Å². The fourth-order valence-corrected chi connectivity index (χ4v) is 9.20. The molecule has 0 bridgehead atoms. The van der Waals surface area contributed by atoms with Crippen molar-refractivity contribution in [1.82, 2.24) is 0 Å². The van der Waals surface area contributed by atoms with Gasteiger partial charge in [0.05, 0.1) is 30.0 Å². The number of methoxy groups -OCH3 is 1. The van der Waals surface area contributed by atoms with Crippen LogP contribution in [0.4, 0.5) is 5.69 Å². The summed E-state index contributed by atoms with van der Waals surface area (Å²) in [6, 6.07) is 29.3. The molecule has 10 heteroatoms. The number of benzene rings is 4. The number of rotatable bonds is 6. The number of aromatic hydroxyl groups is 1. The molecule has 2 fully saturated rings. The minimum Gasteiger partial charge on any atom is -0.504 e. The van der Waals surface area contributed by atoms with Gasteiger partial charge in [0.1, 0.15) is 0 Å². The number of hydrogen-bond acceptors (Lipinski definition) is 8. The van der Waals surface area contributed by atoms with Crippen molar-refractivity contribution < 1.29 is 39.1 Å². The Bertz CT molecular complexity index is 2160. The Morgan fingerprint density at radius 2 is 1.55 bits per heavy atom. The number of ketones is 2. The molecular formula is C41H34BNO8. The number of carbonyl (C=O) groups excluding carboxylic acids is 4. The summed E-state index contributed by atoms with van der Waals surface area (Å²) in [5, 5.41) is 30.3. The van der Waals surface area contributed by atoms with Crippen molar-refractivity contribution >= 4 is 47.2 Å². The molecule has 4 aliphatic rings. The van der Waals surface area contributed by atoms with Crippen LogP contribution in [-0.4, -0.2) is 52.8 Å². The Morgan fingerprint density at radius 3 is 2.25 bits per heavy atom. The quantitative estimate of drug-likeness (QED) is 0.157. The first-order valence-electron chi connectivity index (χ1n) is 17.0. The highest BCUT2D eigenvalue weighted by atomic mass is 16.5. The van der Waals surface area contributed by atoms with Crippen LogP contribution in [0, 0.1) is 23.7 Å². The number of amides is 2. The number of imide groups is 1. The molecule has 4 aromatic rings. The molecule has 8 rings (SSSR count). The largest absolute Gasteiger partial charge is 0.504 e. The molecule has 1 saturated heterocycles. The van der Waals surface area contributed by atoms with Gasteiger partial charge in [-0.3, -0.25) is 24.1 Å². The number of phenols is 1. The standard InChI is InChI=1S/C41H34BNO8/c1-51-34-19-24(15-18-33(34)44)37-28-16-17-29-36(40(48)43(39(29)47)27-14-8-13-26(20-27)42(49)50)31(28)21-32-38(46)30(23-9-4-2-5-10-23)22-35(45)41(32,37)25-11-6-3-7-12-25/h2-16,18-20,22,29,31-32,36-37,44,49-50H,17,21H2,1H3. The Kier molecular flexibility index (Phi) is 7.89. The highest BCUT2D eigenvalue weighted by molar-refractivity contribution is 6.58. The van der Waals surface area contributed by atoms with Crippen LogP contribution in [0.1, 0.15) is 35.4 Å². The van der Waals surface area contributed by atoms with E-state index in [9.17, 15) is 24.7 Å². The highest BCUT2D eigenvalue weighted by Gasteiger charge is 2.66. The van der Waals surface area contributed by atoms with Crippen LogP contribution in [-0.2, 0) is 24.6 Å². The number of nitrogens with zero attached hydrogens (tertiary/aromatic N) is 1. The summed E-state index contributed by atoms with van der Waals surface area (Å²) in [4.78, 5) is 59.9. The van der Waals surface area contributed by atoms with E-state index in [2.05, 4.69) is 0 Å². The van der Waals surface area contributed by atoms with Gasteiger partial charge in [-0.1, -0.05) is 90.5 Å². The van der Waals surface area contributed by atoms with Crippen molar-refractivity contribution in [2.45, 2.75) is 24.2 Å². The molecule has 6 unspecified atom stereocenters. The molecule has 4 aromatic carbocycles. The predicted octanol–water partition coefficient (Wildman–Crippen LogP) is 4.11. The molecule has 3 N–H and O–H groups in total. The van der Waals surface area contributed by atoms with Crippen molar-refractivity contribution in [3.8, 4) is 11.5 Å². The summed E-state index contributed by atoms with van der Waals surface area (Å²) >= 11 is 0. The van der Waals surface area contributed by atoms with Gasteiger partial charge in [0.2, 0.25) is 11.8 Å². The van der Waals surface area contributed by atoms with Crippen molar-refractivity contribution in [1.29, 1.82) is 0 Å². The van der Waals surface area contributed by atoms with Gasteiger partial charge in [0, 0.05) is 17.4 Å². The second kappa shape index (κ2) is 12.3. The van der Waals surface area contributed by atoms with E-state index in [1.165, 1.54) is 31.4 Å². The van der Waals surface area contributed by atoms with Crippen molar-refractivity contribution in [2.75, 3.05) is 12.0 Å². The van der Waals surface area contributed by atoms with Gasteiger partial charge in [-0.15, -0.1) is 0 Å². The minimum atomic E-state index is -1.79. The molecule has 0 spiro atoms. The summed E-state index contributed by atoms with van der Waals surface area (Å²) in [7, 11) is -0.350. The molecule has 6 atom stereocenters. The fraction of sp³-hybridized carbons (Fsp3) is 0.220. The van der Waals surface area contributed by atoms with E-state index in [1.807, 2.05) is 54.6 Å². The van der Waals surface area contributed by atoms with E-state index in [-0.39, 0.29) is 47.1 Å². The summed E-state index contributed by atoms with van der Waals surface area (Å²) in [5.74, 6) is -5.00. The van der Waals surface area contributed by atoms with Crippen molar-refractivity contribution in [3.05, 3.63) is 138 Å². The van der Waals surface area contributed by atoms with Gasteiger partial charge < -0.3 is 19.9 Å². The van der Waals surface area contributed by atoms with Gasteiger partial charge in [-0.2, -0.15) is 0 Å². The average Bonchev–Trinajstić information content (AvgIpc) is 3.42. The lowest BCUT2D eigenvalue weighted by molar-refractivity contribution is -0.135. The summed E-state index contributed by atoms with van der Waals surface area (Å²) < 4.78 is 5.53. The van der Waals surface area contributed by atoms with Crippen molar-refractivity contribution in [3.63, 3.8) is 0 Å². The molecular weight excluding hydrogens is 645 g/mol. The number of anilines is 1. The molecule has 1 saturated carbocycles. The topological polar surface area (TPSA) is 141 Å². The maximum atomic E-state index is 15.1. The maximum absolute atomic E-state index is 15.1. The molecule has 51 heavy (non-hydrogen) atoms. The lowest BCUT2D eigenvalue weighted by Gasteiger charge is -2.55. The normalized spacial score (nSPS) is 26.9. The van der Waals surface area contributed by atoms with Crippen LogP contribution in [0.15, 0.2) is 121 Å². The third kappa shape index (κ3) is 4.85. The van der Waals surface area contributed by atoms with E-state index in [4.69, 9.17) is 4.74 Å². The molecule has 0 aromatic heterocycles. The fourth-order valence-electron chi connectivity index (χ4n) is 9.20. The second-order valence-corrected chi connectivity index (χ2v) is 13.7. The van der Waals surface area contributed by atoms with Crippen LogP contribution < -0.4 is 15.1 Å². The van der Waals surface area contributed by atoms with E-state index >= 15 is 9.59 Å². The lowest BCUT2D eigenvalue weighted by atomic mass is 9.44. The van der Waals surface area contributed by atoms with Gasteiger partial charge in [-0.05, 0) is 71.3 Å². The smallest absolute Gasteiger partial charge is 0.488 e. The van der Waals surface area contributed by atoms with Gasteiger partial charge >= 0.3 is 7.12 Å². The van der Waals surface area contributed by atoms with Crippen LogP contribution >= 0.6 is 0 Å². The van der Waals surface area contributed by atoms with Gasteiger partial charge in [-0.25, -0.2) is 0 Å². The van der Waals surface area contributed by atoms with E-state index in [1.54, 1.807) is 36.4 Å². The predicted molar refractivity (Wildman–Crippen MR) is 190 cm³/mol. The SMILES string of the molecule is COc1cc(C2C3=CCC4C(=O)N(c5cccc(B(O)O)c5)C(=O)C4C3CC3C(=O)C(c4ccccc4)=CC(=O)C32c2ccccc2)ccc1O. The number of carbonyl (C=O) groups is 4. The first kappa shape index (κ1) is 32.6. The first-order valence-corrected chi connectivity index (χ1v) is 17.0. The molecule has 254 valence electrons. The third-order valence-electron chi connectivity index (χ3n) is 11.3. The molecule has 3 aliphatic carbocycles. The van der Waals surface area contributed by atoms with Crippen molar-refractivity contribution in [2.24, 2.45) is 23.7 Å². The van der Waals surface area contributed by atoms with Gasteiger partial charge in [0.15, 0.2) is 23.1 Å². The monoisotopic (exact) mass is 679 g/mol. The Balaban J connectivity index is 1.35. The summed E-state index contributed by atoms with van der Waals surface area (Å²) in [6.07, 6.45) is 3.80. The van der Waals surface area contributed by atoms with Crippen LogP contribution in [0.5, 0.6) is 11.5 Å². The summed E-state index contributed by atoms with van der Waals surface area (Å²) in [6.45, 7) is 0. The van der Waals surface area contributed by atoms with Crippen LogP contribution in [0.25, 0.3) is 5.57 Å². The molecule has 2 amide bonds. The number of hydrogen-bond donors (Lipinski definition) is 3. The zero-order chi connectivity index (χ0) is 35.6. The molecule has 9 nitrogen and oxygen atoms in total. The minimum absolute atomic E-state index is 0.0867. The van der Waals surface area contributed by atoms with Crippen LogP contribution in [0.2, 0.25) is 0 Å². The van der Waals surface area contributed by atoms with E-state index in [0.717, 1.165) is 10.5 Å². The Hall–Kier alpha value is -5.58. The second-order valence-electron chi connectivity index (χ2n) is 13.7. The Morgan fingerprint density at radius 1 is 0.824 bits per heavy atom. The Labute approximate surface area is 294 Å². The van der Waals surface area contributed by atoms with Crippen LogP contribution in [0.3, 0.4) is 0 Å². The number of phenolic OH excluding ortho intramolecular Hbond substituents is 1.